The van der Waals surface area contributed by atoms with E-state index >= 15 is 0 Å². The van der Waals surface area contributed by atoms with Gasteiger partial charge in [0.05, 0.1) is 5.69 Å². The first kappa shape index (κ1) is 13.0. The van der Waals surface area contributed by atoms with Crippen LogP contribution in [0.25, 0.3) is 11.3 Å². The van der Waals surface area contributed by atoms with Crippen molar-refractivity contribution in [3.63, 3.8) is 0 Å². The molecule has 0 aliphatic carbocycles. The van der Waals surface area contributed by atoms with E-state index in [0.29, 0.717) is 12.3 Å². The van der Waals surface area contributed by atoms with Gasteiger partial charge in [-0.1, -0.05) is 12.1 Å². The van der Waals surface area contributed by atoms with Gasteiger partial charge in [0.25, 0.3) is 0 Å². The van der Waals surface area contributed by atoms with Gasteiger partial charge in [-0.05, 0) is 44.0 Å². The van der Waals surface area contributed by atoms with Gasteiger partial charge in [-0.3, -0.25) is 0 Å². The highest BCUT2D eigenvalue weighted by Crippen LogP contribution is 2.21. The van der Waals surface area contributed by atoms with Gasteiger partial charge in [-0.15, -0.1) is 11.6 Å². The van der Waals surface area contributed by atoms with E-state index in [4.69, 9.17) is 11.6 Å². The highest BCUT2D eigenvalue weighted by atomic mass is 35.5. The first-order valence-electron chi connectivity index (χ1n) is 6.08. The minimum absolute atomic E-state index is 0.551. The van der Waals surface area contributed by atoms with Crippen molar-refractivity contribution in [3.05, 3.63) is 46.9 Å². The summed E-state index contributed by atoms with van der Waals surface area (Å²) < 4.78 is 0. The second-order valence-electron chi connectivity index (χ2n) is 4.55. The van der Waals surface area contributed by atoms with Crippen LogP contribution in [0, 0.1) is 20.8 Å². The number of alkyl halides is 1. The summed E-state index contributed by atoms with van der Waals surface area (Å²) in [5, 5.41) is 0. The van der Waals surface area contributed by atoms with E-state index in [1.165, 1.54) is 11.1 Å². The molecule has 0 saturated heterocycles. The number of nitrogens with zero attached hydrogens (tertiary/aromatic N) is 2. The molecule has 2 aromatic rings. The maximum absolute atomic E-state index is 5.75. The van der Waals surface area contributed by atoms with Crippen molar-refractivity contribution in [1.29, 1.82) is 0 Å². The normalized spacial score (nSPS) is 10.7. The van der Waals surface area contributed by atoms with Crippen LogP contribution in [0.4, 0.5) is 0 Å². The van der Waals surface area contributed by atoms with Crippen LogP contribution in [0.15, 0.2) is 24.3 Å². The molecule has 1 aromatic carbocycles. The Labute approximate surface area is 113 Å². The molecule has 0 bridgehead atoms. The maximum atomic E-state index is 5.75. The van der Waals surface area contributed by atoms with Gasteiger partial charge in [0, 0.05) is 23.6 Å². The molecule has 0 aliphatic rings. The predicted octanol–water partition coefficient (Wildman–Crippen LogP) is 3.85. The lowest BCUT2D eigenvalue weighted by molar-refractivity contribution is 0.925. The smallest absolute Gasteiger partial charge is 0.130 e. The molecule has 1 aromatic heterocycles. The van der Waals surface area contributed by atoms with Crippen molar-refractivity contribution in [1.82, 2.24) is 9.97 Å². The van der Waals surface area contributed by atoms with Gasteiger partial charge < -0.3 is 0 Å². The van der Waals surface area contributed by atoms with Crippen LogP contribution in [0.5, 0.6) is 0 Å². The van der Waals surface area contributed by atoms with Gasteiger partial charge in [0.15, 0.2) is 0 Å². The van der Waals surface area contributed by atoms with Crippen molar-refractivity contribution in [2.45, 2.75) is 27.2 Å². The number of halogens is 1. The molecule has 1 heterocycles. The zero-order valence-corrected chi connectivity index (χ0v) is 11.8. The zero-order chi connectivity index (χ0) is 13.1. The van der Waals surface area contributed by atoms with Gasteiger partial charge >= 0.3 is 0 Å². The molecule has 18 heavy (non-hydrogen) atoms. The number of rotatable bonds is 3. The number of hydrogen-bond acceptors (Lipinski definition) is 2. The van der Waals surface area contributed by atoms with E-state index in [1.807, 2.05) is 13.0 Å². The molecule has 0 atom stereocenters. The Morgan fingerprint density at radius 2 is 1.78 bits per heavy atom. The molecule has 0 saturated carbocycles. The Balaban J connectivity index is 2.46. The average Bonchev–Trinajstić information content (AvgIpc) is 2.32. The van der Waals surface area contributed by atoms with Crippen molar-refractivity contribution in [2.24, 2.45) is 0 Å². The van der Waals surface area contributed by atoms with Crippen LogP contribution in [0.2, 0.25) is 0 Å². The monoisotopic (exact) mass is 260 g/mol. The Morgan fingerprint density at radius 1 is 1.00 bits per heavy atom. The number of aromatic nitrogens is 2. The molecule has 2 rings (SSSR count). The van der Waals surface area contributed by atoms with Gasteiger partial charge in [0.1, 0.15) is 5.82 Å². The first-order valence-corrected chi connectivity index (χ1v) is 6.62. The molecule has 0 spiro atoms. The van der Waals surface area contributed by atoms with Crippen LogP contribution >= 0.6 is 11.6 Å². The van der Waals surface area contributed by atoms with Crippen LogP contribution in [0.3, 0.4) is 0 Å². The molecular formula is C15H17ClN2. The summed E-state index contributed by atoms with van der Waals surface area (Å²) in [4.78, 5) is 8.96. The van der Waals surface area contributed by atoms with Crippen LogP contribution < -0.4 is 0 Å². The summed E-state index contributed by atoms with van der Waals surface area (Å²) >= 11 is 5.75. The highest BCUT2D eigenvalue weighted by molar-refractivity contribution is 6.17. The summed E-state index contributed by atoms with van der Waals surface area (Å²) in [5.41, 5.74) is 5.68. The fourth-order valence-corrected chi connectivity index (χ4v) is 2.04. The molecular weight excluding hydrogens is 244 g/mol. The second-order valence-corrected chi connectivity index (χ2v) is 4.93. The summed E-state index contributed by atoms with van der Waals surface area (Å²) in [6, 6.07) is 8.42. The van der Waals surface area contributed by atoms with E-state index in [-0.39, 0.29) is 0 Å². The topological polar surface area (TPSA) is 25.8 Å². The third-order valence-electron chi connectivity index (χ3n) is 3.02. The van der Waals surface area contributed by atoms with E-state index in [1.54, 1.807) is 0 Å². The molecule has 0 aliphatic heterocycles. The summed E-state index contributed by atoms with van der Waals surface area (Å²) in [6.07, 6.45) is 0.709. The Kier molecular flexibility index (Phi) is 3.97. The SMILES string of the molecule is Cc1cc(-c2ccc(C)c(C)c2)nc(CCCl)n1. The molecule has 94 valence electrons. The van der Waals surface area contributed by atoms with Gasteiger partial charge in [0.2, 0.25) is 0 Å². The zero-order valence-electron chi connectivity index (χ0n) is 11.0. The minimum atomic E-state index is 0.551. The summed E-state index contributed by atoms with van der Waals surface area (Å²) in [7, 11) is 0. The maximum Gasteiger partial charge on any atom is 0.130 e. The molecule has 0 N–H and O–H groups in total. The second kappa shape index (κ2) is 5.49. The van der Waals surface area contributed by atoms with Gasteiger partial charge in [-0.25, -0.2) is 9.97 Å². The van der Waals surface area contributed by atoms with Crippen LogP contribution in [-0.2, 0) is 6.42 Å². The van der Waals surface area contributed by atoms with Crippen molar-refractivity contribution >= 4 is 11.6 Å². The van der Waals surface area contributed by atoms with Crippen molar-refractivity contribution < 1.29 is 0 Å². The first-order chi connectivity index (χ1) is 8.60. The lowest BCUT2D eigenvalue weighted by atomic mass is 10.0. The van der Waals surface area contributed by atoms with E-state index < -0.39 is 0 Å². The van der Waals surface area contributed by atoms with Crippen LogP contribution in [-0.4, -0.2) is 15.8 Å². The van der Waals surface area contributed by atoms with Gasteiger partial charge in [-0.2, -0.15) is 0 Å². The van der Waals surface area contributed by atoms with Crippen molar-refractivity contribution in [2.75, 3.05) is 5.88 Å². The van der Waals surface area contributed by atoms with Crippen LogP contribution in [0.1, 0.15) is 22.6 Å². The lowest BCUT2D eigenvalue weighted by Gasteiger charge is -2.07. The third-order valence-corrected chi connectivity index (χ3v) is 3.21. The van der Waals surface area contributed by atoms with Crippen molar-refractivity contribution in [3.8, 4) is 11.3 Å². The number of hydrogen-bond donors (Lipinski definition) is 0. The lowest BCUT2D eigenvalue weighted by Crippen LogP contribution is -2.00. The Bertz CT molecular complexity index is 564. The summed E-state index contributed by atoms with van der Waals surface area (Å²) in [6.45, 7) is 6.22. The predicted molar refractivity (Wildman–Crippen MR) is 76.1 cm³/mol. The fourth-order valence-electron chi connectivity index (χ4n) is 1.87. The molecule has 0 amide bonds. The molecule has 2 nitrogen and oxygen atoms in total. The Morgan fingerprint density at radius 3 is 2.44 bits per heavy atom. The molecule has 0 fully saturated rings. The number of aryl methyl sites for hydroxylation is 4. The largest absolute Gasteiger partial charge is 0.238 e. The molecule has 3 heteroatoms. The Hall–Kier alpha value is -1.41. The summed E-state index contributed by atoms with van der Waals surface area (Å²) in [5.74, 6) is 1.37. The third kappa shape index (κ3) is 2.88. The highest BCUT2D eigenvalue weighted by Gasteiger charge is 2.05. The molecule has 0 radical (unpaired) electrons. The quantitative estimate of drug-likeness (QED) is 0.784. The minimum Gasteiger partial charge on any atom is -0.238 e. The average molecular weight is 261 g/mol. The fraction of sp³-hybridized carbons (Fsp3) is 0.333. The number of benzene rings is 1. The van der Waals surface area contributed by atoms with E-state index in [9.17, 15) is 0 Å². The molecule has 0 unspecified atom stereocenters. The van der Waals surface area contributed by atoms with E-state index in [0.717, 1.165) is 22.8 Å². The standard InChI is InChI=1S/C15H17ClN2/c1-10-4-5-13(8-11(10)2)14-9-12(3)17-15(18-14)6-7-16/h4-5,8-9H,6-7H2,1-3H3. The van der Waals surface area contributed by atoms with E-state index in [2.05, 4.69) is 42.0 Å².